The molecular formula is C19H19BrN6O. The summed E-state index contributed by atoms with van der Waals surface area (Å²) in [6, 6.07) is 11.9. The van der Waals surface area contributed by atoms with E-state index >= 15 is 0 Å². The minimum Gasteiger partial charge on any atom is -0.291 e. The molecule has 1 aromatic carbocycles. The average Bonchev–Trinajstić information content (AvgIpc) is 3.02. The highest BCUT2D eigenvalue weighted by molar-refractivity contribution is 9.10. The molecule has 2 aromatic heterocycles. The van der Waals surface area contributed by atoms with E-state index in [0.717, 1.165) is 45.3 Å². The molecular weight excluding hydrogens is 408 g/mol. The summed E-state index contributed by atoms with van der Waals surface area (Å²) in [6.07, 6.45) is 1.78. The fourth-order valence-corrected chi connectivity index (χ4v) is 3.30. The van der Waals surface area contributed by atoms with Crippen LogP contribution >= 0.6 is 15.9 Å². The third kappa shape index (κ3) is 3.55. The lowest BCUT2D eigenvalue weighted by Crippen LogP contribution is -2.19. The molecule has 0 saturated carbocycles. The van der Waals surface area contributed by atoms with Gasteiger partial charge < -0.3 is 0 Å². The lowest BCUT2D eigenvalue weighted by atomic mass is 10.0. The Morgan fingerprint density at radius 1 is 1.22 bits per heavy atom. The fraction of sp³-hybridized carbons (Fsp3) is 0.263. The fourth-order valence-electron chi connectivity index (χ4n) is 2.94. The number of hydrogen-bond acceptors (Lipinski definition) is 6. The summed E-state index contributed by atoms with van der Waals surface area (Å²) in [5.74, 6) is 1.52. The van der Waals surface area contributed by atoms with Crippen LogP contribution in [0.3, 0.4) is 0 Å². The Balaban J connectivity index is 1.82. The molecule has 138 valence electrons. The van der Waals surface area contributed by atoms with Crippen LogP contribution in [0.2, 0.25) is 0 Å². The smallest absolute Gasteiger partial charge is 0.165 e. The number of aromatic nitrogens is 4. The molecule has 0 amide bonds. The number of hydroxylamine groups is 2. The highest BCUT2D eigenvalue weighted by atomic mass is 79.9. The van der Waals surface area contributed by atoms with Crippen molar-refractivity contribution in [1.82, 2.24) is 24.8 Å². The van der Waals surface area contributed by atoms with Crippen molar-refractivity contribution in [3.8, 4) is 5.69 Å². The Hall–Kier alpha value is -2.42. The molecule has 7 nitrogen and oxygen atoms in total. The van der Waals surface area contributed by atoms with Crippen LogP contribution in [0.1, 0.15) is 29.8 Å². The second-order valence-corrected chi connectivity index (χ2v) is 7.04. The van der Waals surface area contributed by atoms with Gasteiger partial charge in [0.25, 0.3) is 0 Å². The Labute approximate surface area is 165 Å². The first-order valence-corrected chi connectivity index (χ1v) is 9.50. The average molecular weight is 427 g/mol. The first-order valence-electron chi connectivity index (χ1n) is 8.70. The summed E-state index contributed by atoms with van der Waals surface area (Å²) >= 11 is 3.58. The van der Waals surface area contributed by atoms with Crippen LogP contribution in [0.5, 0.6) is 0 Å². The molecule has 8 heteroatoms. The zero-order chi connectivity index (χ0) is 18.8. The SMILES string of the molecule is CCN(C)OCc1nnc2n1-c1ccc(Br)cc1C(c1ccccn1)=NC2. The first-order chi connectivity index (χ1) is 13.2. The third-order valence-corrected chi connectivity index (χ3v) is 4.89. The van der Waals surface area contributed by atoms with E-state index in [1.165, 1.54) is 0 Å². The zero-order valence-electron chi connectivity index (χ0n) is 15.1. The van der Waals surface area contributed by atoms with Gasteiger partial charge in [0.2, 0.25) is 0 Å². The largest absolute Gasteiger partial charge is 0.291 e. The maximum atomic E-state index is 5.74. The van der Waals surface area contributed by atoms with Crippen LogP contribution in [0.4, 0.5) is 0 Å². The van der Waals surface area contributed by atoms with Crippen LogP contribution in [0, 0.1) is 0 Å². The van der Waals surface area contributed by atoms with Crippen molar-refractivity contribution in [3.05, 3.63) is 70.0 Å². The number of aliphatic imine (C=N–C) groups is 1. The maximum Gasteiger partial charge on any atom is 0.165 e. The van der Waals surface area contributed by atoms with Gasteiger partial charge in [-0.15, -0.1) is 10.2 Å². The van der Waals surface area contributed by atoms with Gasteiger partial charge in [0.1, 0.15) is 13.2 Å². The molecule has 0 aliphatic carbocycles. The van der Waals surface area contributed by atoms with E-state index < -0.39 is 0 Å². The second-order valence-electron chi connectivity index (χ2n) is 6.13. The second kappa shape index (κ2) is 7.67. The molecule has 1 aliphatic rings. The number of nitrogens with zero attached hydrogens (tertiary/aromatic N) is 6. The quantitative estimate of drug-likeness (QED) is 0.586. The molecule has 0 bridgehead atoms. The first kappa shape index (κ1) is 18.0. The van der Waals surface area contributed by atoms with Crippen molar-refractivity contribution in [2.75, 3.05) is 13.6 Å². The predicted molar refractivity (Wildman–Crippen MR) is 106 cm³/mol. The molecule has 27 heavy (non-hydrogen) atoms. The van der Waals surface area contributed by atoms with Gasteiger partial charge in [0.15, 0.2) is 11.6 Å². The van der Waals surface area contributed by atoms with Crippen LogP contribution in [-0.2, 0) is 18.0 Å². The van der Waals surface area contributed by atoms with Crippen molar-refractivity contribution in [2.24, 2.45) is 4.99 Å². The van der Waals surface area contributed by atoms with Crippen LogP contribution in [-0.4, -0.2) is 44.1 Å². The van der Waals surface area contributed by atoms with E-state index in [1.54, 1.807) is 11.3 Å². The zero-order valence-corrected chi connectivity index (χ0v) is 16.7. The van der Waals surface area contributed by atoms with Gasteiger partial charge in [-0.05, 0) is 30.3 Å². The highest BCUT2D eigenvalue weighted by Gasteiger charge is 2.23. The van der Waals surface area contributed by atoms with Gasteiger partial charge in [0, 0.05) is 29.8 Å². The molecule has 3 heterocycles. The van der Waals surface area contributed by atoms with E-state index in [1.807, 2.05) is 48.9 Å². The Kier molecular flexibility index (Phi) is 5.11. The van der Waals surface area contributed by atoms with E-state index in [2.05, 4.69) is 37.2 Å². The molecule has 0 saturated heterocycles. The minimum atomic E-state index is 0.339. The highest BCUT2D eigenvalue weighted by Crippen LogP contribution is 2.28. The lowest BCUT2D eigenvalue weighted by Gasteiger charge is -2.16. The minimum absolute atomic E-state index is 0.339. The molecule has 4 rings (SSSR count). The number of halogens is 1. The molecule has 0 N–H and O–H groups in total. The van der Waals surface area contributed by atoms with Gasteiger partial charge in [-0.3, -0.25) is 19.4 Å². The van der Waals surface area contributed by atoms with Crippen LogP contribution in [0.25, 0.3) is 5.69 Å². The van der Waals surface area contributed by atoms with E-state index in [4.69, 9.17) is 9.83 Å². The molecule has 0 spiro atoms. The molecule has 0 atom stereocenters. The molecule has 0 unspecified atom stereocenters. The van der Waals surface area contributed by atoms with Crippen molar-refractivity contribution in [1.29, 1.82) is 0 Å². The summed E-state index contributed by atoms with van der Waals surface area (Å²) in [7, 11) is 1.90. The van der Waals surface area contributed by atoms with Crippen molar-refractivity contribution < 1.29 is 4.84 Å². The summed E-state index contributed by atoms with van der Waals surface area (Å²) < 4.78 is 3.01. The van der Waals surface area contributed by atoms with Gasteiger partial charge in [0.05, 0.1) is 17.1 Å². The number of fused-ring (bicyclic) bond motifs is 3. The van der Waals surface area contributed by atoms with Crippen molar-refractivity contribution >= 4 is 21.6 Å². The van der Waals surface area contributed by atoms with Gasteiger partial charge in [-0.2, -0.15) is 5.06 Å². The van der Waals surface area contributed by atoms with Crippen molar-refractivity contribution in [2.45, 2.75) is 20.1 Å². The van der Waals surface area contributed by atoms with E-state index in [-0.39, 0.29) is 0 Å². The molecule has 1 aliphatic heterocycles. The van der Waals surface area contributed by atoms with Gasteiger partial charge >= 0.3 is 0 Å². The van der Waals surface area contributed by atoms with Crippen molar-refractivity contribution in [3.63, 3.8) is 0 Å². The van der Waals surface area contributed by atoms with Crippen LogP contribution in [0.15, 0.2) is 52.1 Å². The topological polar surface area (TPSA) is 68.4 Å². The summed E-state index contributed by atoms with van der Waals surface area (Å²) in [5, 5.41) is 10.4. The Bertz CT molecular complexity index is 985. The Morgan fingerprint density at radius 2 is 2.11 bits per heavy atom. The van der Waals surface area contributed by atoms with E-state index in [0.29, 0.717) is 13.2 Å². The number of pyridine rings is 1. The monoisotopic (exact) mass is 426 g/mol. The Morgan fingerprint density at radius 3 is 2.89 bits per heavy atom. The molecule has 0 fully saturated rings. The summed E-state index contributed by atoms with van der Waals surface area (Å²) in [4.78, 5) is 15.0. The standard InChI is InChI=1S/C19H19BrN6O/c1-3-25(2)27-12-18-24-23-17-11-22-19(15-6-4-5-9-21-15)14-10-13(20)7-8-16(14)26(17)18/h4-10H,3,11-12H2,1-2H3. The van der Waals surface area contributed by atoms with Gasteiger partial charge in [-0.25, -0.2) is 0 Å². The van der Waals surface area contributed by atoms with E-state index in [9.17, 15) is 0 Å². The number of rotatable bonds is 5. The lowest BCUT2D eigenvalue weighted by molar-refractivity contribution is -0.149. The molecule has 3 aromatic rings. The maximum absolute atomic E-state index is 5.74. The van der Waals surface area contributed by atoms with Crippen LogP contribution < -0.4 is 0 Å². The summed E-state index contributed by atoms with van der Waals surface area (Å²) in [6.45, 7) is 3.59. The molecule has 0 radical (unpaired) electrons. The number of benzene rings is 1. The normalized spacial score (nSPS) is 13.1. The third-order valence-electron chi connectivity index (χ3n) is 4.40. The van der Waals surface area contributed by atoms with Gasteiger partial charge in [-0.1, -0.05) is 28.9 Å². The predicted octanol–water partition coefficient (Wildman–Crippen LogP) is 3.16. The number of hydrogen-bond donors (Lipinski definition) is 0. The summed E-state index contributed by atoms with van der Waals surface area (Å²) in [5.41, 5.74) is 3.62.